The van der Waals surface area contributed by atoms with E-state index in [0.29, 0.717) is 12.2 Å². The lowest BCUT2D eigenvalue weighted by atomic mass is 10.0. The van der Waals surface area contributed by atoms with E-state index in [9.17, 15) is 18.0 Å². The summed E-state index contributed by atoms with van der Waals surface area (Å²) in [6.07, 6.45) is -1.60. The van der Waals surface area contributed by atoms with E-state index >= 15 is 0 Å². The molecule has 2 heterocycles. The van der Waals surface area contributed by atoms with Crippen molar-refractivity contribution < 1.29 is 22.4 Å². The number of nitrogens with zero attached hydrogens (tertiary/aromatic N) is 3. The lowest BCUT2D eigenvalue weighted by molar-refractivity contribution is -0.137. The van der Waals surface area contributed by atoms with Crippen molar-refractivity contribution >= 4 is 23.1 Å². The Balaban J connectivity index is 2.01. The monoisotopic (exact) mass is 424 g/mol. The van der Waals surface area contributed by atoms with Gasteiger partial charge in [0, 0.05) is 18.0 Å². The highest BCUT2D eigenvalue weighted by Gasteiger charge is 2.36. The van der Waals surface area contributed by atoms with Gasteiger partial charge in [0.05, 0.1) is 23.1 Å². The van der Waals surface area contributed by atoms with E-state index in [1.165, 1.54) is 30.7 Å². The summed E-state index contributed by atoms with van der Waals surface area (Å²) in [6, 6.07) is 5.16. The molecule has 29 heavy (non-hydrogen) atoms. The first-order valence-corrected chi connectivity index (χ1v) is 9.47. The SMILES string of the molecule is CC(Cc1nsc(-c2c(NC(=O)c3ccoc3)cccc2C(F)(F)F)n1)N(C)C. The maximum absolute atomic E-state index is 13.7. The summed E-state index contributed by atoms with van der Waals surface area (Å²) < 4.78 is 50.1. The molecule has 0 fully saturated rings. The zero-order valence-corrected chi connectivity index (χ0v) is 16.8. The van der Waals surface area contributed by atoms with Crippen molar-refractivity contribution in [2.24, 2.45) is 0 Å². The minimum Gasteiger partial charge on any atom is -0.472 e. The van der Waals surface area contributed by atoms with Gasteiger partial charge in [-0.2, -0.15) is 17.5 Å². The van der Waals surface area contributed by atoms with Gasteiger partial charge >= 0.3 is 6.18 Å². The van der Waals surface area contributed by atoms with E-state index in [-0.39, 0.29) is 27.9 Å². The maximum atomic E-state index is 13.7. The maximum Gasteiger partial charge on any atom is 0.417 e. The van der Waals surface area contributed by atoms with Crippen LogP contribution in [0.5, 0.6) is 0 Å². The van der Waals surface area contributed by atoms with Gasteiger partial charge in [-0.15, -0.1) is 0 Å². The van der Waals surface area contributed by atoms with Crippen LogP contribution in [-0.4, -0.2) is 40.3 Å². The molecule has 0 bridgehead atoms. The second kappa shape index (κ2) is 8.34. The number of anilines is 1. The van der Waals surface area contributed by atoms with E-state index in [1.807, 2.05) is 25.9 Å². The van der Waals surface area contributed by atoms with Crippen LogP contribution in [0.25, 0.3) is 10.6 Å². The van der Waals surface area contributed by atoms with Crippen molar-refractivity contribution in [3.8, 4) is 10.6 Å². The second-order valence-electron chi connectivity index (χ2n) is 6.72. The van der Waals surface area contributed by atoms with Gasteiger partial charge in [0.25, 0.3) is 5.91 Å². The Labute approximate surface area is 169 Å². The molecule has 2 aromatic heterocycles. The van der Waals surface area contributed by atoms with Crippen LogP contribution in [0, 0.1) is 0 Å². The fraction of sp³-hybridized carbons (Fsp3) is 0.316. The fourth-order valence-corrected chi connectivity index (χ4v) is 3.36. The number of halogens is 3. The molecule has 1 unspecified atom stereocenters. The normalized spacial score (nSPS) is 12.9. The highest BCUT2D eigenvalue weighted by Crippen LogP contribution is 2.41. The predicted octanol–water partition coefficient (Wildman–Crippen LogP) is 4.56. The number of furan rings is 1. The fourth-order valence-electron chi connectivity index (χ4n) is 2.60. The van der Waals surface area contributed by atoms with Crippen LogP contribution in [0.3, 0.4) is 0 Å². The van der Waals surface area contributed by atoms with E-state index < -0.39 is 17.6 Å². The smallest absolute Gasteiger partial charge is 0.417 e. The Morgan fingerprint density at radius 3 is 2.69 bits per heavy atom. The summed E-state index contributed by atoms with van der Waals surface area (Å²) >= 11 is 0.876. The third kappa shape index (κ3) is 4.83. The van der Waals surface area contributed by atoms with Crippen LogP contribution in [0.2, 0.25) is 0 Å². The molecule has 0 radical (unpaired) electrons. The van der Waals surface area contributed by atoms with Crippen molar-refractivity contribution in [2.45, 2.75) is 25.6 Å². The van der Waals surface area contributed by atoms with Crippen molar-refractivity contribution in [1.29, 1.82) is 0 Å². The van der Waals surface area contributed by atoms with Gasteiger partial charge in [-0.1, -0.05) is 6.07 Å². The Morgan fingerprint density at radius 1 is 1.31 bits per heavy atom. The van der Waals surface area contributed by atoms with Gasteiger partial charge in [0.15, 0.2) is 0 Å². The molecule has 0 aliphatic rings. The van der Waals surface area contributed by atoms with Crippen molar-refractivity contribution in [3.63, 3.8) is 0 Å². The number of benzene rings is 1. The second-order valence-corrected chi connectivity index (χ2v) is 7.48. The van der Waals surface area contributed by atoms with Gasteiger partial charge in [-0.05, 0) is 50.8 Å². The van der Waals surface area contributed by atoms with Crippen LogP contribution in [0.1, 0.15) is 28.7 Å². The van der Waals surface area contributed by atoms with Crippen LogP contribution >= 0.6 is 11.5 Å². The average molecular weight is 424 g/mol. The average Bonchev–Trinajstić information content (AvgIpc) is 3.32. The molecule has 0 saturated heterocycles. The zero-order valence-electron chi connectivity index (χ0n) is 15.9. The first-order chi connectivity index (χ1) is 13.7. The van der Waals surface area contributed by atoms with Crippen molar-refractivity contribution in [3.05, 3.63) is 53.7 Å². The van der Waals surface area contributed by atoms with Gasteiger partial charge in [0.2, 0.25) is 0 Å². The lowest BCUT2D eigenvalue weighted by Crippen LogP contribution is -2.27. The minimum absolute atomic E-state index is 0.00869. The summed E-state index contributed by atoms with van der Waals surface area (Å²) in [6.45, 7) is 1.97. The standard InChI is InChI=1S/C19H19F3N4O2S/c1-11(26(2)3)9-15-24-18(29-25-15)16-13(19(20,21)22)5-4-6-14(16)23-17(27)12-7-8-28-10-12/h4-8,10-11H,9H2,1-3H3,(H,23,27). The Hall–Kier alpha value is -2.72. The number of hydrogen-bond donors (Lipinski definition) is 1. The summed E-state index contributed by atoms with van der Waals surface area (Å²) in [5, 5.41) is 2.62. The third-order valence-electron chi connectivity index (χ3n) is 4.44. The molecule has 1 aromatic carbocycles. The Bertz CT molecular complexity index is 984. The van der Waals surface area contributed by atoms with E-state index in [4.69, 9.17) is 4.42 Å². The van der Waals surface area contributed by atoms with Crippen LogP contribution < -0.4 is 5.32 Å². The van der Waals surface area contributed by atoms with Gasteiger partial charge < -0.3 is 14.6 Å². The van der Waals surface area contributed by atoms with E-state index in [1.54, 1.807) is 0 Å². The third-order valence-corrected chi connectivity index (χ3v) is 5.21. The summed E-state index contributed by atoms with van der Waals surface area (Å²) in [5.74, 6) is -0.124. The Kier molecular flexibility index (Phi) is 6.04. The lowest BCUT2D eigenvalue weighted by Gasteiger charge is -2.17. The summed E-state index contributed by atoms with van der Waals surface area (Å²) in [5.41, 5.74) is -0.871. The number of alkyl halides is 3. The quantitative estimate of drug-likeness (QED) is 0.628. The van der Waals surface area contributed by atoms with Gasteiger partial charge in [0.1, 0.15) is 17.1 Å². The molecule has 10 heteroatoms. The van der Waals surface area contributed by atoms with Crippen LogP contribution in [-0.2, 0) is 12.6 Å². The topological polar surface area (TPSA) is 71.3 Å². The predicted molar refractivity (Wildman–Crippen MR) is 104 cm³/mol. The number of rotatable bonds is 6. The van der Waals surface area contributed by atoms with Crippen molar-refractivity contribution in [2.75, 3.05) is 19.4 Å². The number of aromatic nitrogens is 2. The number of nitrogens with one attached hydrogen (secondary N) is 1. The van der Waals surface area contributed by atoms with Gasteiger partial charge in [-0.3, -0.25) is 4.79 Å². The number of amides is 1. The molecule has 3 aromatic rings. The van der Waals surface area contributed by atoms with Crippen LogP contribution in [0.4, 0.5) is 18.9 Å². The largest absolute Gasteiger partial charge is 0.472 e. The number of hydrogen-bond acceptors (Lipinski definition) is 6. The van der Waals surface area contributed by atoms with Crippen molar-refractivity contribution in [1.82, 2.24) is 14.3 Å². The van der Waals surface area contributed by atoms with Crippen LogP contribution in [0.15, 0.2) is 41.2 Å². The molecular formula is C19H19F3N4O2S. The molecule has 0 saturated carbocycles. The van der Waals surface area contributed by atoms with E-state index in [0.717, 1.165) is 17.6 Å². The van der Waals surface area contributed by atoms with Gasteiger partial charge in [-0.25, -0.2) is 4.98 Å². The zero-order chi connectivity index (χ0) is 21.2. The first-order valence-electron chi connectivity index (χ1n) is 8.70. The number of carbonyl (C=O) groups excluding carboxylic acids is 1. The molecule has 3 rings (SSSR count). The minimum atomic E-state index is -4.62. The number of likely N-dealkylation sites (N-methyl/N-ethyl adjacent to an activating group) is 1. The first kappa shape index (κ1) is 21.0. The molecular weight excluding hydrogens is 405 g/mol. The molecule has 1 atom stereocenters. The number of carbonyl (C=O) groups is 1. The summed E-state index contributed by atoms with van der Waals surface area (Å²) in [7, 11) is 3.81. The highest BCUT2D eigenvalue weighted by atomic mass is 32.1. The molecule has 154 valence electrons. The molecule has 0 spiro atoms. The molecule has 1 N–H and O–H groups in total. The van der Waals surface area contributed by atoms with E-state index in [2.05, 4.69) is 14.7 Å². The highest BCUT2D eigenvalue weighted by molar-refractivity contribution is 7.09. The Morgan fingerprint density at radius 2 is 2.07 bits per heavy atom. The molecule has 1 amide bonds. The molecule has 6 nitrogen and oxygen atoms in total. The summed E-state index contributed by atoms with van der Waals surface area (Å²) in [4.78, 5) is 18.6. The molecule has 0 aliphatic heterocycles. The molecule has 0 aliphatic carbocycles.